The maximum Gasteiger partial charge on any atom is 0.276 e. The quantitative estimate of drug-likeness (QED) is 0.700. The molecular formula is C21H19N3O2. The minimum absolute atomic E-state index is 0.00345. The monoisotopic (exact) mass is 345 g/mol. The van der Waals surface area contributed by atoms with E-state index in [1.165, 1.54) is 6.92 Å². The Hall–Kier alpha value is -3.47. The van der Waals surface area contributed by atoms with E-state index in [4.69, 9.17) is 0 Å². The summed E-state index contributed by atoms with van der Waals surface area (Å²) in [6.45, 7) is 1.53. The fraction of sp³-hybridized carbons (Fsp3) is 0.0952. The molecule has 0 radical (unpaired) electrons. The molecule has 0 saturated carbocycles. The smallest absolute Gasteiger partial charge is 0.276 e. The Morgan fingerprint density at radius 1 is 0.923 bits per heavy atom. The Morgan fingerprint density at radius 2 is 1.65 bits per heavy atom. The second kappa shape index (κ2) is 7.61. The average molecular weight is 345 g/mol. The summed E-state index contributed by atoms with van der Waals surface area (Å²) in [6.07, 6.45) is 1.59. The van der Waals surface area contributed by atoms with E-state index in [1.54, 1.807) is 42.4 Å². The van der Waals surface area contributed by atoms with Crippen LogP contribution in [0.5, 0.6) is 0 Å². The molecule has 0 spiro atoms. The second-order valence-corrected chi connectivity index (χ2v) is 5.89. The molecule has 0 aliphatic heterocycles. The van der Waals surface area contributed by atoms with Gasteiger partial charge in [-0.25, -0.2) is 0 Å². The van der Waals surface area contributed by atoms with Crippen LogP contribution in [0.2, 0.25) is 0 Å². The van der Waals surface area contributed by atoms with Crippen LogP contribution in [0, 0.1) is 0 Å². The number of anilines is 3. The predicted molar refractivity (Wildman–Crippen MR) is 103 cm³/mol. The van der Waals surface area contributed by atoms with E-state index in [0.29, 0.717) is 11.3 Å². The van der Waals surface area contributed by atoms with E-state index in [1.807, 2.05) is 42.5 Å². The number of hydrogen-bond acceptors (Lipinski definition) is 4. The Labute approximate surface area is 152 Å². The maximum absolute atomic E-state index is 12.7. The molecular weight excluding hydrogens is 326 g/mol. The highest BCUT2D eigenvalue weighted by Crippen LogP contribution is 2.20. The number of carbonyl (C=O) groups excluding carboxylic acids is 2. The molecule has 1 aromatic heterocycles. The third-order valence-electron chi connectivity index (χ3n) is 3.98. The summed E-state index contributed by atoms with van der Waals surface area (Å²) in [5, 5.41) is 3.21. The first-order valence-corrected chi connectivity index (χ1v) is 8.22. The van der Waals surface area contributed by atoms with E-state index < -0.39 is 0 Å². The van der Waals surface area contributed by atoms with Gasteiger partial charge >= 0.3 is 0 Å². The molecule has 130 valence electrons. The predicted octanol–water partition coefficient (Wildman–Crippen LogP) is 4.30. The largest absolute Gasteiger partial charge is 0.355 e. The van der Waals surface area contributed by atoms with Crippen molar-refractivity contribution in [3.63, 3.8) is 0 Å². The maximum atomic E-state index is 12.7. The van der Waals surface area contributed by atoms with Crippen molar-refractivity contribution < 1.29 is 9.59 Å². The minimum atomic E-state index is -0.197. The summed E-state index contributed by atoms with van der Waals surface area (Å²) >= 11 is 0. The number of carbonyl (C=O) groups is 2. The van der Waals surface area contributed by atoms with E-state index in [0.717, 1.165) is 17.1 Å². The summed E-state index contributed by atoms with van der Waals surface area (Å²) < 4.78 is 0. The fourth-order valence-electron chi connectivity index (χ4n) is 2.55. The van der Waals surface area contributed by atoms with Crippen molar-refractivity contribution in [1.82, 2.24) is 4.98 Å². The van der Waals surface area contributed by atoms with Crippen molar-refractivity contribution in [3.8, 4) is 0 Å². The molecule has 0 aliphatic rings. The number of pyridine rings is 1. The molecule has 3 rings (SSSR count). The van der Waals surface area contributed by atoms with Crippen molar-refractivity contribution in [2.45, 2.75) is 6.92 Å². The number of nitrogens with zero attached hydrogens (tertiary/aromatic N) is 2. The first-order chi connectivity index (χ1) is 12.5. The summed E-state index contributed by atoms with van der Waals surface area (Å²) in [4.78, 5) is 29.9. The van der Waals surface area contributed by atoms with Gasteiger partial charge in [0.05, 0.1) is 0 Å². The minimum Gasteiger partial charge on any atom is -0.355 e. The van der Waals surface area contributed by atoms with Crippen LogP contribution < -0.4 is 10.2 Å². The summed E-state index contributed by atoms with van der Waals surface area (Å²) in [6, 6.07) is 20.1. The first-order valence-electron chi connectivity index (χ1n) is 8.22. The number of hydrogen-bond donors (Lipinski definition) is 1. The van der Waals surface area contributed by atoms with Gasteiger partial charge in [0.15, 0.2) is 5.78 Å². The lowest BCUT2D eigenvalue weighted by molar-refractivity contribution is 0.0986. The molecule has 0 unspecified atom stereocenters. The normalized spacial score (nSPS) is 10.2. The molecule has 5 heteroatoms. The van der Waals surface area contributed by atoms with Gasteiger partial charge in [-0.05, 0) is 43.3 Å². The topological polar surface area (TPSA) is 62.3 Å². The average Bonchev–Trinajstić information content (AvgIpc) is 2.68. The number of amides is 1. The van der Waals surface area contributed by atoms with Gasteiger partial charge in [-0.1, -0.05) is 30.3 Å². The first kappa shape index (κ1) is 17.4. The van der Waals surface area contributed by atoms with Crippen LogP contribution in [0.25, 0.3) is 0 Å². The highest BCUT2D eigenvalue weighted by atomic mass is 16.2. The molecule has 26 heavy (non-hydrogen) atoms. The lowest BCUT2D eigenvalue weighted by atomic mass is 10.1. The lowest BCUT2D eigenvalue weighted by Crippen LogP contribution is -2.27. The standard InChI is InChI=1S/C21H19N3O2/c1-15(25)16-7-6-8-17(13-16)23-18-11-12-22-20(14-18)21(26)24(2)19-9-4-3-5-10-19/h3-14H,1-2H3,(H,22,23). The van der Waals surface area contributed by atoms with Crippen molar-refractivity contribution >= 4 is 28.8 Å². The van der Waals surface area contributed by atoms with Gasteiger partial charge in [0.25, 0.3) is 5.91 Å². The summed E-state index contributed by atoms with van der Waals surface area (Å²) in [5.74, 6) is -0.193. The highest BCUT2D eigenvalue weighted by Gasteiger charge is 2.15. The fourth-order valence-corrected chi connectivity index (χ4v) is 2.55. The van der Waals surface area contributed by atoms with Crippen LogP contribution in [-0.2, 0) is 0 Å². The van der Waals surface area contributed by atoms with Crippen LogP contribution in [0.4, 0.5) is 17.1 Å². The molecule has 1 amide bonds. The summed E-state index contributed by atoms with van der Waals surface area (Å²) in [5.41, 5.74) is 3.27. The van der Waals surface area contributed by atoms with Crippen LogP contribution in [0.3, 0.4) is 0 Å². The molecule has 0 aliphatic carbocycles. The molecule has 0 atom stereocenters. The molecule has 0 fully saturated rings. The van der Waals surface area contributed by atoms with Gasteiger partial charge in [0, 0.05) is 35.9 Å². The third kappa shape index (κ3) is 3.95. The number of rotatable bonds is 5. The van der Waals surface area contributed by atoms with E-state index in [2.05, 4.69) is 10.3 Å². The Bertz CT molecular complexity index is 939. The Balaban J connectivity index is 1.81. The zero-order valence-electron chi connectivity index (χ0n) is 14.6. The third-order valence-corrected chi connectivity index (χ3v) is 3.98. The van der Waals surface area contributed by atoms with Gasteiger partial charge in [0.1, 0.15) is 5.69 Å². The Morgan fingerprint density at radius 3 is 2.38 bits per heavy atom. The van der Waals surface area contributed by atoms with Crippen LogP contribution in [0.1, 0.15) is 27.8 Å². The van der Waals surface area contributed by atoms with Crippen LogP contribution in [-0.4, -0.2) is 23.7 Å². The summed E-state index contributed by atoms with van der Waals surface area (Å²) in [7, 11) is 1.72. The molecule has 3 aromatic rings. The number of Topliss-reactive ketones (excluding diaryl/α,β-unsaturated/α-hetero) is 1. The number of aromatic nitrogens is 1. The van der Waals surface area contributed by atoms with Gasteiger partial charge in [-0.2, -0.15) is 0 Å². The Kier molecular flexibility index (Phi) is 5.08. The molecule has 0 saturated heterocycles. The lowest BCUT2D eigenvalue weighted by Gasteiger charge is -2.17. The number of benzene rings is 2. The van der Waals surface area contributed by atoms with Gasteiger partial charge < -0.3 is 10.2 Å². The molecule has 0 bridgehead atoms. The zero-order valence-corrected chi connectivity index (χ0v) is 14.6. The van der Waals surface area contributed by atoms with Gasteiger partial charge in [-0.15, -0.1) is 0 Å². The SMILES string of the molecule is CC(=O)c1cccc(Nc2ccnc(C(=O)N(C)c3ccccc3)c2)c1. The molecule has 5 nitrogen and oxygen atoms in total. The number of para-hydroxylation sites is 1. The van der Waals surface area contributed by atoms with Gasteiger partial charge in [-0.3, -0.25) is 14.6 Å². The van der Waals surface area contributed by atoms with Crippen LogP contribution in [0.15, 0.2) is 72.9 Å². The molecule has 1 N–H and O–H groups in total. The van der Waals surface area contributed by atoms with Gasteiger partial charge in [0.2, 0.25) is 0 Å². The van der Waals surface area contributed by atoms with Crippen LogP contribution >= 0.6 is 0 Å². The zero-order chi connectivity index (χ0) is 18.5. The highest BCUT2D eigenvalue weighted by molar-refractivity contribution is 6.04. The molecule has 2 aromatic carbocycles. The van der Waals surface area contributed by atoms with E-state index in [9.17, 15) is 9.59 Å². The van der Waals surface area contributed by atoms with Crippen molar-refractivity contribution in [2.75, 3.05) is 17.3 Å². The van der Waals surface area contributed by atoms with Crippen molar-refractivity contribution in [1.29, 1.82) is 0 Å². The number of ketones is 1. The molecule has 1 heterocycles. The van der Waals surface area contributed by atoms with Crippen molar-refractivity contribution in [2.24, 2.45) is 0 Å². The van der Waals surface area contributed by atoms with Crippen molar-refractivity contribution in [3.05, 3.63) is 84.2 Å². The van der Waals surface area contributed by atoms with E-state index >= 15 is 0 Å². The van der Waals surface area contributed by atoms with E-state index in [-0.39, 0.29) is 11.7 Å². The number of nitrogens with one attached hydrogen (secondary N) is 1. The second-order valence-electron chi connectivity index (χ2n) is 5.89.